The van der Waals surface area contributed by atoms with Crippen LogP contribution in [0.2, 0.25) is 0 Å². The van der Waals surface area contributed by atoms with Gasteiger partial charge in [-0.15, -0.1) is 0 Å². The molecule has 1 aromatic carbocycles. The van der Waals surface area contributed by atoms with Crippen molar-refractivity contribution in [1.82, 2.24) is 4.90 Å². The summed E-state index contributed by atoms with van der Waals surface area (Å²) < 4.78 is 15.8. The Morgan fingerprint density at radius 1 is 1.21 bits per heavy atom. The second-order valence-electron chi connectivity index (χ2n) is 7.92. The standard InChI is InChI=1S/C20H26BrNO7/c1-19(2,3)29-18(26)22-11-20(17(25)28-5,10-14(22)16(24)27-4)15(23)12-8-6-7-9-13(12)21/h6-9,14-15,23H,10-11H2,1-5H3/t14-,15?,20-/m0/s1. The van der Waals surface area contributed by atoms with Crippen LogP contribution < -0.4 is 0 Å². The van der Waals surface area contributed by atoms with E-state index >= 15 is 0 Å². The number of likely N-dealkylation sites (tertiary alicyclic amines) is 1. The van der Waals surface area contributed by atoms with Gasteiger partial charge < -0.3 is 19.3 Å². The molecule has 1 N–H and O–H groups in total. The predicted octanol–water partition coefficient (Wildman–Crippen LogP) is 2.82. The number of esters is 2. The minimum absolute atomic E-state index is 0.173. The number of ether oxygens (including phenoxy) is 3. The second kappa shape index (κ2) is 8.71. The number of benzene rings is 1. The summed E-state index contributed by atoms with van der Waals surface area (Å²) in [6, 6.07) is 5.76. The maximum Gasteiger partial charge on any atom is 0.411 e. The van der Waals surface area contributed by atoms with Crippen LogP contribution in [-0.2, 0) is 23.8 Å². The van der Waals surface area contributed by atoms with Crippen LogP contribution in [0.25, 0.3) is 0 Å². The van der Waals surface area contributed by atoms with Gasteiger partial charge in [0, 0.05) is 11.0 Å². The van der Waals surface area contributed by atoms with E-state index in [2.05, 4.69) is 15.9 Å². The summed E-state index contributed by atoms with van der Waals surface area (Å²) in [7, 11) is 2.39. The van der Waals surface area contributed by atoms with E-state index in [1.165, 1.54) is 14.2 Å². The van der Waals surface area contributed by atoms with Crippen LogP contribution in [0.5, 0.6) is 0 Å². The lowest BCUT2D eigenvalue weighted by Crippen LogP contribution is -2.45. The number of methoxy groups -OCH3 is 2. The average molecular weight is 472 g/mol. The number of carbonyl (C=O) groups is 3. The van der Waals surface area contributed by atoms with Gasteiger partial charge >= 0.3 is 18.0 Å². The van der Waals surface area contributed by atoms with Crippen LogP contribution in [0, 0.1) is 5.41 Å². The predicted molar refractivity (Wildman–Crippen MR) is 107 cm³/mol. The molecule has 1 unspecified atom stereocenters. The van der Waals surface area contributed by atoms with Gasteiger partial charge in [-0.2, -0.15) is 0 Å². The van der Waals surface area contributed by atoms with Gasteiger partial charge in [-0.05, 0) is 38.8 Å². The minimum atomic E-state index is -1.58. The van der Waals surface area contributed by atoms with Crippen LogP contribution in [0.1, 0.15) is 38.9 Å². The van der Waals surface area contributed by atoms with Crippen molar-refractivity contribution in [3.63, 3.8) is 0 Å². The van der Waals surface area contributed by atoms with Gasteiger partial charge in [0.15, 0.2) is 0 Å². The first-order valence-corrected chi connectivity index (χ1v) is 9.84. The molecular formula is C20H26BrNO7. The molecule has 3 atom stereocenters. The number of hydrogen-bond acceptors (Lipinski definition) is 7. The Morgan fingerprint density at radius 2 is 1.83 bits per heavy atom. The molecule has 160 valence electrons. The maximum atomic E-state index is 12.8. The zero-order valence-corrected chi connectivity index (χ0v) is 18.7. The molecule has 0 radical (unpaired) electrons. The van der Waals surface area contributed by atoms with Crippen LogP contribution in [0.4, 0.5) is 4.79 Å². The number of aliphatic hydroxyl groups excluding tert-OH is 1. The molecule has 2 rings (SSSR count). The first-order chi connectivity index (χ1) is 13.5. The first-order valence-electron chi connectivity index (χ1n) is 9.05. The van der Waals surface area contributed by atoms with Crippen LogP contribution in [-0.4, -0.2) is 60.4 Å². The summed E-state index contributed by atoms with van der Waals surface area (Å²) in [5.74, 6) is -1.44. The molecule has 1 aliphatic rings. The Labute approximate surface area is 178 Å². The quantitative estimate of drug-likeness (QED) is 0.531. The molecule has 29 heavy (non-hydrogen) atoms. The summed E-state index contributed by atoms with van der Waals surface area (Å²) in [6.07, 6.45) is -2.29. The van der Waals surface area contributed by atoms with Gasteiger partial charge in [0.2, 0.25) is 0 Å². The molecule has 1 fully saturated rings. The Morgan fingerprint density at radius 3 is 2.34 bits per heavy atom. The van der Waals surface area contributed by atoms with Gasteiger partial charge in [0.05, 0.1) is 20.3 Å². The Hall–Kier alpha value is -2.13. The maximum absolute atomic E-state index is 12.8. The van der Waals surface area contributed by atoms with Crippen molar-refractivity contribution >= 4 is 34.0 Å². The summed E-state index contributed by atoms with van der Waals surface area (Å²) in [6.45, 7) is 4.81. The highest BCUT2D eigenvalue weighted by atomic mass is 79.9. The third-order valence-electron chi connectivity index (χ3n) is 4.80. The lowest BCUT2D eigenvalue weighted by atomic mass is 9.77. The number of carbonyl (C=O) groups excluding carboxylic acids is 3. The van der Waals surface area contributed by atoms with Gasteiger partial charge in [-0.3, -0.25) is 9.69 Å². The van der Waals surface area contributed by atoms with Gasteiger partial charge in [-0.1, -0.05) is 34.1 Å². The highest BCUT2D eigenvalue weighted by Gasteiger charge is 2.59. The molecule has 1 amide bonds. The van der Waals surface area contributed by atoms with E-state index in [9.17, 15) is 19.5 Å². The molecule has 0 saturated carbocycles. The van der Waals surface area contributed by atoms with E-state index in [4.69, 9.17) is 14.2 Å². The van der Waals surface area contributed by atoms with Crippen LogP contribution >= 0.6 is 15.9 Å². The fraction of sp³-hybridized carbons (Fsp3) is 0.550. The summed E-state index contributed by atoms with van der Waals surface area (Å²) in [5.41, 5.74) is -1.95. The number of amides is 1. The van der Waals surface area contributed by atoms with E-state index in [0.29, 0.717) is 10.0 Å². The van der Waals surface area contributed by atoms with E-state index in [1.54, 1.807) is 45.0 Å². The number of halogens is 1. The van der Waals surface area contributed by atoms with Crippen LogP contribution in [0.15, 0.2) is 28.7 Å². The molecule has 0 aromatic heterocycles. The fourth-order valence-electron chi connectivity index (χ4n) is 3.45. The molecule has 1 aliphatic heterocycles. The van der Waals surface area contributed by atoms with Crippen molar-refractivity contribution in [2.75, 3.05) is 20.8 Å². The zero-order chi connectivity index (χ0) is 22.0. The third-order valence-corrected chi connectivity index (χ3v) is 5.52. The summed E-state index contributed by atoms with van der Waals surface area (Å²) in [4.78, 5) is 39.1. The zero-order valence-electron chi connectivity index (χ0n) is 17.1. The lowest BCUT2D eigenvalue weighted by Gasteiger charge is -2.32. The van der Waals surface area contributed by atoms with Gasteiger partial charge in [0.25, 0.3) is 0 Å². The van der Waals surface area contributed by atoms with Crippen molar-refractivity contribution in [3.8, 4) is 0 Å². The molecule has 1 saturated heterocycles. The molecule has 8 nitrogen and oxygen atoms in total. The molecule has 0 spiro atoms. The smallest absolute Gasteiger partial charge is 0.411 e. The monoisotopic (exact) mass is 471 g/mol. The summed E-state index contributed by atoms with van der Waals surface area (Å²) in [5, 5.41) is 11.2. The van der Waals surface area contributed by atoms with Crippen molar-refractivity contribution < 1.29 is 33.7 Å². The van der Waals surface area contributed by atoms with E-state index in [1.807, 2.05) is 0 Å². The molecular weight excluding hydrogens is 446 g/mol. The van der Waals surface area contributed by atoms with E-state index in [-0.39, 0.29) is 13.0 Å². The van der Waals surface area contributed by atoms with Gasteiger partial charge in [-0.25, -0.2) is 9.59 Å². The lowest BCUT2D eigenvalue weighted by molar-refractivity contribution is -0.160. The van der Waals surface area contributed by atoms with E-state index < -0.39 is 41.2 Å². The molecule has 0 aliphatic carbocycles. The van der Waals surface area contributed by atoms with E-state index in [0.717, 1.165) is 4.90 Å². The Bertz CT molecular complexity index is 791. The number of rotatable bonds is 4. The minimum Gasteiger partial charge on any atom is -0.468 e. The Kier molecular flexibility index (Phi) is 6.95. The van der Waals surface area contributed by atoms with Crippen molar-refractivity contribution in [1.29, 1.82) is 0 Å². The molecule has 9 heteroatoms. The number of aliphatic hydroxyl groups is 1. The second-order valence-corrected chi connectivity index (χ2v) is 8.78. The van der Waals surface area contributed by atoms with Gasteiger partial charge in [0.1, 0.15) is 17.1 Å². The number of nitrogens with zero attached hydrogens (tertiary/aromatic N) is 1. The van der Waals surface area contributed by atoms with Crippen molar-refractivity contribution in [2.24, 2.45) is 5.41 Å². The molecule has 1 heterocycles. The fourth-order valence-corrected chi connectivity index (χ4v) is 3.95. The third kappa shape index (κ3) is 4.72. The van der Waals surface area contributed by atoms with Crippen molar-refractivity contribution in [2.45, 2.75) is 44.9 Å². The summed E-state index contributed by atoms with van der Waals surface area (Å²) >= 11 is 3.37. The topological polar surface area (TPSA) is 102 Å². The highest BCUT2D eigenvalue weighted by Crippen LogP contribution is 2.47. The van der Waals surface area contributed by atoms with Crippen molar-refractivity contribution in [3.05, 3.63) is 34.3 Å². The van der Waals surface area contributed by atoms with Crippen LogP contribution in [0.3, 0.4) is 0 Å². The average Bonchev–Trinajstić information content (AvgIpc) is 3.07. The Balaban J connectivity index is 2.52. The SMILES string of the molecule is COC(=O)[C@@H]1C[C@@](C(=O)OC)(C(O)c2ccccc2Br)CN1C(=O)OC(C)(C)C. The molecule has 1 aromatic rings. The molecule has 0 bridgehead atoms. The normalized spacial score (nSPS) is 22.7. The highest BCUT2D eigenvalue weighted by molar-refractivity contribution is 9.10. The first kappa shape index (κ1) is 23.2. The number of hydrogen-bond donors (Lipinski definition) is 1. The largest absolute Gasteiger partial charge is 0.468 e.